The zero-order chi connectivity index (χ0) is 13.7. The summed E-state index contributed by atoms with van der Waals surface area (Å²) in [5, 5.41) is 10.0. The Balaban J connectivity index is 2.14. The minimum absolute atomic E-state index is 0.192. The van der Waals surface area contributed by atoms with Crippen molar-refractivity contribution in [3.05, 3.63) is 39.7 Å². The van der Waals surface area contributed by atoms with Crippen LogP contribution < -0.4 is 10.6 Å². The summed E-state index contributed by atoms with van der Waals surface area (Å²) >= 11 is 7.45. The van der Waals surface area contributed by atoms with Crippen molar-refractivity contribution in [2.75, 3.05) is 17.2 Å². The van der Waals surface area contributed by atoms with Crippen LogP contribution in [0.1, 0.15) is 23.7 Å². The molecule has 19 heavy (non-hydrogen) atoms. The Morgan fingerprint density at radius 2 is 2.32 bits per heavy atom. The second-order valence-electron chi connectivity index (χ2n) is 3.96. The lowest BCUT2D eigenvalue weighted by Gasteiger charge is -2.07. The van der Waals surface area contributed by atoms with Gasteiger partial charge in [0.15, 0.2) is 0 Å². The van der Waals surface area contributed by atoms with Gasteiger partial charge in [0.05, 0.1) is 5.69 Å². The summed E-state index contributed by atoms with van der Waals surface area (Å²) in [5.74, 6) is 0.423. The van der Waals surface area contributed by atoms with E-state index in [9.17, 15) is 4.79 Å². The van der Waals surface area contributed by atoms with Crippen molar-refractivity contribution in [1.29, 1.82) is 0 Å². The Morgan fingerprint density at radius 3 is 3.00 bits per heavy atom. The first kappa shape index (κ1) is 13.8. The number of aromatic nitrogens is 1. The number of halogens is 1. The van der Waals surface area contributed by atoms with Crippen LogP contribution in [0, 0.1) is 0 Å². The van der Waals surface area contributed by atoms with Crippen molar-refractivity contribution >= 4 is 40.4 Å². The monoisotopic (exact) mass is 295 g/mol. The Hall–Kier alpha value is -1.59. The maximum absolute atomic E-state index is 12.1. The van der Waals surface area contributed by atoms with Gasteiger partial charge in [-0.25, -0.2) is 4.98 Å². The molecule has 2 N–H and O–H groups in total. The molecule has 6 heteroatoms. The molecule has 0 aromatic carbocycles. The van der Waals surface area contributed by atoms with Gasteiger partial charge in [-0.3, -0.25) is 4.79 Å². The van der Waals surface area contributed by atoms with Crippen molar-refractivity contribution in [1.82, 2.24) is 4.98 Å². The first-order chi connectivity index (χ1) is 9.19. The highest BCUT2D eigenvalue weighted by atomic mass is 35.5. The van der Waals surface area contributed by atoms with Crippen LogP contribution in [0.3, 0.4) is 0 Å². The zero-order valence-corrected chi connectivity index (χ0v) is 12.0. The normalized spacial score (nSPS) is 10.2. The van der Waals surface area contributed by atoms with Gasteiger partial charge in [0.1, 0.15) is 11.0 Å². The Kier molecular flexibility index (Phi) is 4.76. The average molecular weight is 296 g/mol. The molecule has 4 nitrogen and oxygen atoms in total. The molecule has 2 aromatic heterocycles. The van der Waals surface area contributed by atoms with Crippen LogP contribution in [0.2, 0.25) is 5.15 Å². The number of anilines is 2. The number of carbonyl (C=O) groups excluding carboxylic acids is 1. The molecule has 100 valence electrons. The van der Waals surface area contributed by atoms with E-state index in [2.05, 4.69) is 22.5 Å². The van der Waals surface area contributed by atoms with Crippen molar-refractivity contribution in [3.8, 4) is 0 Å². The van der Waals surface area contributed by atoms with Gasteiger partial charge in [0, 0.05) is 17.5 Å². The second-order valence-corrected chi connectivity index (χ2v) is 5.12. The fraction of sp³-hybridized carbons (Fsp3) is 0.231. The SMILES string of the molecule is CCCNc1cc(C(=O)Nc2ccsc2)cc(Cl)n1. The molecular weight excluding hydrogens is 282 g/mol. The number of rotatable bonds is 5. The lowest BCUT2D eigenvalue weighted by atomic mass is 10.2. The highest BCUT2D eigenvalue weighted by molar-refractivity contribution is 7.08. The first-order valence-corrected chi connectivity index (χ1v) is 7.26. The van der Waals surface area contributed by atoms with E-state index in [0.29, 0.717) is 16.5 Å². The molecule has 0 unspecified atom stereocenters. The maximum atomic E-state index is 12.1. The largest absolute Gasteiger partial charge is 0.370 e. The molecule has 2 aromatic rings. The molecule has 0 fully saturated rings. The third kappa shape index (κ3) is 3.94. The molecule has 0 bridgehead atoms. The summed E-state index contributed by atoms with van der Waals surface area (Å²) in [4.78, 5) is 16.2. The van der Waals surface area contributed by atoms with Gasteiger partial charge >= 0.3 is 0 Å². The maximum Gasteiger partial charge on any atom is 0.255 e. The van der Waals surface area contributed by atoms with Crippen LogP contribution in [0.25, 0.3) is 0 Å². The number of carbonyl (C=O) groups is 1. The van der Waals surface area contributed by atoms with Crippen LogP contribution in [0.5, 0.6) is 0 Å². The third-order valence-corrected chi connectivity index (χ3v) is 3.27. The average Bonchev–Trinajstić information content (AvgIpc) is 2.88. The lowest BCUT2D eigenvalue weighted by Crippen LogP contribution is -2.12. The van der Waals surface area contributed by atoms with E-state index in [1.807, 2.05) is 16.8 Å². The van der Waals surface area contributed by atoms with Gasteiger partial charge in [0.2, 0.25) is 0 Å². The van der Waals surface area contributed by atoms with E-state index in [-0.39, 0.29) is 5.91 Å². The number of pyridine rings is 1. The van der Waals surface area contributed by atoms with Crippen LogP contribution in [-0.4, -0.2) is 17.4 Å². The summed E-state index contributed by atoms with van der Waals surface area (Å²) in [6.45, 7) is 2.85. The van der Waals surface area contributed by atoms with E-state index in [1.165, 1.54) is 11.3 Å². The van der Waals surface area contributed by atoms with Crippen molar-refractivity contribution in [2.45, 2.75) is 13.3 Å². The minimum atomic E-state index is -0.192. The quantitative estimate of drug-likeness (QED) is 0.823. The van der Waals surface area contributed by atoms with Crippen molar-refractivity contribution in [2.24, 2.45) is 0 Å². The Bertz CT molecular complexity index is 557. The topological polar surface area (TPSA) is 54.0 Å². The van der Waals surface area contributed by atoms with Crippen LogP contribution in [0.4, 0.5) is 11.5 Å². The molecule has 0 aliphatic rings. The summed E-state index contributed by atoms with van der Waals surface area (Å²) in [6.07, 6.45) is 0.977. The molecule has 0 spiro atoms. The van der Waals surface area contributed by atoms with Gasteiger partial charge in [-0.2, -0.15) is 11.3 Å². The molecular formula is C13H14ClN3OS. The fourth-order valence-electron chi connectivity index (χ4n) is 1.51. The van der Waals surface area contributed by atoms with E-state index < -0.39 is 0 Å². The van der Waals surface area contributed by atoms with E-state index >= 15 is 0 Å². The summed E-state index contributed by atoms with van der Waals surface area (Å²) in [5.41, 5.74) is 1.27. The van der Waals surface area contributed by atoms with Gasteiger partial charge in [0.25, 0.3) is 5.91 Å². The standard InChI is InChI=1S/C13H14ClN3OS/c1-2-4-15-12-7-9(6-11(14)17-12)13(18)16-10-3-5-19-8-10/h3,5-8H,2,4H2,1H3,(H,15,17)(H,16,18). The number of nitrogens with zero attached hydrogens (tertiary/aromatic N) is 1. The highest BCUT2D eigenvalue weighted by Gasteiger charge is 2.09. The summed E-state index contributed by atoms with van der Waals surface area (Å²) in [7, 11) is 0. The molecule has 0 saturated carbocycles. The number of nitrogens with one attached hydrogen (secondary N) is 2. The predicted molar refractivity (Wildman–Crippen MR) is 80.3 cm³/mol. The summed E-state index contributed by atoms with van der Waals surface area (Å²) < 4.78 is 0. The molecule has 0 radical (unpaired) electrons. The number of hydrogen-bond donors (Lipinski definition) is 2. The molecule has 0 aliphatic carbocycles. The molecule has 0 aliphatic heterocycles. The van der Waals surface area contributed by atoms with Gasteiger partial charge < -0.3 is 10.6 Å². The predicted octanol–water partition coefficient (Wildman–Crippen LogP) is 3.87. The van der Waals surface area contributed by atoms with Gasteiger partial charge in [-0.15, -0.1) is 0 Å². The third-order valence-electron chi connectivity index (χ3n) is 2.39. The van der Waals surface area contributed by atoms with E-state index in [4.69, 9.17) is 11.6 Å². The first-order valence-electron chi connectivity index (χ1n) is 5.94. The fourth-order valence-corrected chi connectivity index (χ4v) is 2.31. The smallest absolute Gasteiger partial charge is 0.255 e. The molecule has 2 rings (SSSR count). The molecule has 0 atom stereocenters. The Morgan fingerprint density at radius 1 is 1.47 bits per heavy atom. The lowest BCUT2D eigenvalue weighted by molar-refractivity contribution is 0.102. The zero-order valence-electron chi connectivity index (χ0n) is 10.4. The second kappa shape index (κ2) is 6.54. The van der Waals surface area contributed by atoms with Crippen LogP contribution >= 0.6 is 22.9 Å². The number of amides is 1. The Labute approximate surface area is 120 Å². The molecule has 0 saturated heterocycles. The highest BCUT2D eigenvalue weighted by Crippen LogP contribution is 2.17. The van der Waals surface area contributed by atoms with Crippen LogP contribution in [0.15, 0.2) is 29.0 Å². The van der Waals surface area contributed by atoms with Gasteiger partial charge in [-0.05, 0) is 30.0 Å². The van der Waals surface area contributed by atoms with E-state index in [0.717, 1.165) is 18.7 Å². The van der Waals surface area contributed by atoms with Crippen molar-refractivity contribution < 1.29 is 4.79 Å². The molecule has 2 heterocycles. The minimum Gasteiger partial charge on any atom is -0.370 e. The summed E-state index contributed by atoms with van der Waals surface area (Å²) in [6, 6.07) is 5.10. The number of thiophene rings is 1. The number of hydrogen-bond acceptors (Lipinski definition) is 4. The van der Waals surface area contributed by atoms with Crippen molar-refractivity contribution in [3.63, 3.8) is 0 Å². The van der Waals surface area contributed by atoms with E-state index in [1.54, 1.807) is 12.1 Å². The molecule has 1 amide bonds. The van der Waals surface area contributed by atoms with Crippen LogP contribution in [-0.2, 0) is 0 Å². The van der Waals surface area contributed by atoms with Gasteiger partial charge in [-0.1, -0.05) is 18.5 Å².